The first-order valence-electron chi connectivity index (χ1n) is 13.1. The Hall–Kier alpha value is -4.10. The summed E-state index contributed by atoms with van der Waals surface area (Å²) in [5, 5.41) is 0. The molecule has 1 heterocycles. The number of rotatable bonds is 2. The Morgan fingerprint density at radius 3 is 1.62 bits per heavy atom. The lowest BCUT2D eigenvalue weighted by Gasteiger charge is -2.34. The molecule has 0 radical (unpaired) electrons. The molecule has 1 nitrogen and oxygen atoms in total. The second-order valence-electron chi connectivity index (χ2n) is 11.4. The van der Waals surface area contributed by atoms with Crippen LogP contribution in [0.5, 0.6) is 11.5 Å². The van der Waals surface area contributed by atoms with Gasteiger partial charge in [-0.25, -0.2) is 0 Å². The molecule has 0 bridgehead atoms. The molecule has 1 heteroatoms. The predicted molar refractivity (Wildman–Crippen MR) is 154 cm³/mol. The second-order valence-corrected chi connectivity index (χ2v) is 11.4. The van der Waals surface area contributed by atoms with Crippen LogP contribution in [0.4, 0.5) is 0 Å². The van der Waals surface area contributed by atoms with E-state index in [1.54, 1.807) is 0 Å². The standard InChI is InChI=1S/C36H30O/c1-35(2)29-14-8-7-13-27(29)28-19-17-23(21-31(28)35)25-11-5-6-12-26(25)24-18-20-34-32(22-24)36(3,4)30-15-9-10-16-33(30)37-34/h5-22H,1-4H3. The molecule has 37 heavy (non-hydrogen) atoms. The monoisotopic (exact) mass is 478 g/mol. The predicted octanol–water partition coefficient (Wildman–Crippen LogP) is 9.76. The fraction of sp³-hybridized carbons (Fsp3) is 0.167. The van der Waals surface area contributed by atoms with Gasteiger partial charge in [-0.15, -0.1) is 0 Å². The number of benzene rings is 5. The van der Waals surface area contributed by atoms with Gasteiger partial charge in [0, 0.05) is 22.0 Å². The van der Waals surface area contributed by atoms with Gasteiger partial charge in [-0.2, -0.15) is 0 Å². The Bertz CT molecular complexity index is 1700. The van der Waals surface area contributed by atoms with Crippen LogP contribution in [0.3, 0.4) is 0 Å². The Labute approximate surface area is 219 Å². The topological polar surface area (TPSA) is 9.23 Å². The minimum absolute atomic E-state index is 0.0164. The number of para-hydroxylation sites is 1. The van der Waals surface area contributed by atoms with Gasteiger partial charge in [0.1, 0.15) is 11.5 Å². The lowest BCUT2D eigenvalue weighted by atomic mass is 9.75. The average molecular weight is 479 g/mol. The van der Waals surface area contributed by atoms with Crippen LogP contribution in [0, 0.1) is 0 Å². The highest BCUT2D eigenvalue weighted by Crippen LogP contribution is 2.51. The number of ether oxygens (including phenoxy) is 1. The molecule has 1 aliphatic heterocycles. The van der Waals surface area contributed by atoms with Crippen molar-refractivity contribution in [2.75, 3.05) is 0 Å². The van der Waals surface area contributed by atoms with Crippen molar-refractivity contribution in [3.05, 3.63) is 131 Å². The summed E-state index contributed by atoms with van der Waals surface area (Å²) in [7, 11) is 0. The van der Waals surface area contributed by atoms with Crippen molar-refractivity contribution in [2.45, 2.75) is 38.5 Å². The Morgan fingerprint density at radius 1 is 0.405 bits per heavy atom. The normalized spacial score (nSPS) is 15.7. The quantitative estimate of drug-likeness (QED) is 0.245. The molecule has 0 N–H and O–H groups in total. The van der Waals surface area contributed by atoms with Gasteiger partial charge < -0.3 is 4.74 Å². The molecular weight excluding hydrogens is 448 g/mol. The van der Waals surface area contributed by atoms with Gasteiger partial charge in [0.15, 0.2) is 0 Å². The number of hydrogen-bond donors (Lipinski definition) is 0. The summed E-state index contributed by atoms with van der Waals surface area (Å²) in [6.45, 7) is 9.28. The van der Waals surface area contributed by atoms with Crippen molar-refractivity contribution in [1.29, 1.82) is 0 Å². The third-order valence-corrected chi connectivity index (χ3v) is 8.57. The summed E-state index contributed by atoms with van der Waals surface area (Å²) >= 11 is 0. The maximum Gasteiger partial charge on any atom is 0.131 e. The maximum absolute atomic E-state index is 6.32. The van der Waals surface area contributed by atoms with Gasteiger partial charge >= 0.3 is 0 Å². The molecule has 5 aromatic carbocycles. The van der Waals surface area contributed by atoms with Crippen molar-refractivity contribution < 1.29 is 4.74 Å². The minimum Gasteiger partial charge on any atom is -0.457 e. The third-order valence-electron chi connectivity index (χ3n) is 8.57. The largest absolute Gasteiger partial charge is 0.457 e. The molecule has 7 rings (SSSR count). The van der Waals surface area contributed by atoms with E-state index in [1.165, 1.54) is 55.6 Å². The Kier molecular flexibility index (Phi) is 4.60. The molecule has 0 unspecified atom stereocenters. The molecule has 5 aromatic rings. The van der Waals surface area contributed by atoms with E-state index in [9.17, 15) is 0 Å². The molecule has 2 aliphatic rings. The molecule has 0 atom stereocenters. The van der Waals surface area contributed by atoms with E-state index >= 15 is 0 Å². The lowest BCUT2D eigenvalue weighted by Crippen LogP contribution is -2.24. The molecule has 0 saturated heterocycles. The Balaban J connectivity index is 1.36. The molecule has 0 aromatic heterocycles. The first-order chi connectivity index (χ1) is 17.9. The van der Waals surface area contributed by atoms with Crippen LogP contribution >= 0.6 is 0 Å². The van der Waals surface area contributed by atoms with Gasteiger partial charge in [-0.1, -0.05) is 113 Å². The minimum atomic E-state index is -0.140. The van der Waals surface area contributed by atoms with Crippen LogP contribution in [-0.2, 0) is 10.8 Å². The number of fused-ring (bicyclic) bond motifs is 5. The van der Waals surface area contributed by atoms with Crippen LogP contribution in [0.15, 0.2) is 109 Å². The van der Waals surface area contributed by atoms with Crippen molar-refractivity contribution in [1.82, 2.24) is 0 Å². The van der Waals surface area contributed by atoms with E-state index in [0.717, 1.165) is 11.5 Å². The average Bonchev–Trinajstić information content (AvgIpc) is 3.15. The Morgan fingerprint density at radius 2 is 0.892 bits per heavy atom. The van der Waals surface area contributed by atoms with Crippen molar-refractivity contribution in [3.8, 4) is 44.9 Å². The van der Waals surface area contributed by atoms with Crippen LogP contribution in [0.1, 0.15) is 49.9 Å². The number of hydrogen-bond acceptors (Lipinski definition) is 1. The molecule has 0 saturated carbocycles. The third kappa shape index (κ3) is 3.17. The zero-order chi connectivity index (χ0) is 25.4. The molecular formula is C36H30O. The molecule has 180 valence electrons. The summed E-state index contributed by atoms with van der Waals surface area (Å²) < 4.78 is 6.32. The highest BCUT2D eigenvalue weighted by molar-refractivity contribution is 5.88. The molecule has 1 aliphatic carbocycles. The van der Waals surface area contributed by atoms with E-state index in [-0.39, 0.29) is 10.8 Å². The van der Waals surface area contributed by atoms with Gasteiger partial charge in [0.05, 0.1) is 0 Å². The van der Waals surface area contributed by atoms with Crippen LogP contribution < -0.4 is 4.74 Å². The van der Waals surface area contributed by atoms with E-state index < -0.39 is 0 Å². The fourth-order valence-electron chi connectivity index (χ4n) is 6.47. The van der Waals surface area contributed by atoms with E-state index in [0.29, 0.717) is 0 Å². The highest BCUT2D eigenvalue weighted by atomic mass is 16.5. The van der Waals surface area contributed by atoms with Gasteiger partial charge in [0.25, 0.3) is 0 Å². The van der Waals surface area contributed by atoms with E-state index in [1.807, 2.05) is 6.07 Å². The SMILES string of the molecule is CC1(C)c2ccccc2Oc2ccc(-c3ccccc3-c3ccc4c(c3)C(C)(C)c3ccccc3-4)cc21. The van der Waals surface area contributed by atoms with Crippen LogP contribution in [0.2, 0.25) is 0 Å². The van der Waals surface area contributed by atoms with Gasteiger partial charge in [-0.05, 0) is 68.8 Å². The van der Waals surface area contributed by atoms with Crippen molar-refractivity contribution in [2.24, 2.45) is 0 Å². The summed E-state index contributed by atoms with van der Waals surface area (Å²) in [4.78, 5) is 0. The van der Waals surface area contributed by atoms with Crippen molar-refractivity contribution in [3.63, 3.8) is 0 Å². The van der Waals surface area contributed by atoms with E-state index in [2.05, 4.69) is 131 Å². The van der Waals surface area contributed by atoms with Gasteiger partial charge in [0.2, 0.25) is 0 Å². The first-order valence-corrected chi connectivity index (χ1v) is 13.1. The first kappa shape index (κ1) is 22.1. The smallest absolute Gasteiger partial charge is 0.131 e. The summed E-state index contributed by atoms with van der Waals surface area (Å²) in [6, 6.07) is 39.7. The van der Waals surface area contributed by atoms with Crippen molar-refractivity contribution >= 4 is 0 Å². The molecule has 0 fully saturated rings. The zero-order valence-electron chi connectivity index (χ0n) is 21.8. The van der Waals surface area contributed by atoms with Gasteiger partial charge in [-0.3, -0.25) is 0 Å². The summed E-state index contributed by atoms with van der Waals surface area (Å²) in [5.41, 5.74) is 12.8. The molecule has 0 spiro atoms. The maximum atomic E-state index is 6.32. The second kappa shape index (κ2) is 7.70. The van der Waals surface area contributed by atoms with Crippen LogP contribution in [-0.4, -0.2) is 0 Å². The van der Waals surface area contributed by atoms with E-state index in [4.69, 9.17) is 4.74 Å². The lowest BCUT2D eigenvalue weighted by molar-refractivity contribution is 0.418. The summed E-state index contributed by atoms with van der Waals surface area (Å²) in [5.74, 6) is 1.90. The zero-order valence-corrected chi connectivity index (χ0v) is 21.8. The molecule has 0 amide bonds. The van der Waals surface area contributed by atoms with Crippen LogP contribution in [0.25, 0.3) is 33.4 Å². The fourth-order valence-corrected chi connectivity index (χ4v) is 6.47. The summed E-state index contributed by atoms with van der Waals surface area (Å²) in [6.07, 6.45) is 0. The highest BCUT2D eigenvalue weighted by Gasteiger charge is 2.36.